The van der Waals surface area contributed by atoms with Crippen LogP contribution in [-0.2, 0) is 0 Å². The molecular weight excluding hydrogens is 292 g/mol. The van der Waals surface area contributed by atoms with E-state index < -0.39 is 0 Å². The number of rotatable bonds is 4. The standard InChI is InChI=1S/C18H22N2O3/c1-12-16(19-11-22-12)17(21)20(4)14-10-15(18(14,2)3)23-13-8-6-5-7-9-13/h5-9,11,14-15H,10H2,1-4H3. The van der Waals surface area contributed by atoms with Crippen LogP contribution in [-0.4, -0.2) is 35.0 Å². The maximum atomic E-state index is 12.6. The third-order valence-electron chi connectivity index (χ3n) is 4.88. The summed E-state index contributed by atoms with van der Waals surface area (Å²) in [4.78, 5) is 18.4. The predicted octanol–water partition coefficient (Wildman–Crippen LogP) is 3.30. The van der Waals surface area contributed by atoms with Gasteiger partial charge in [-0.25, -0.2) is 4.98 Å². The van der Waals surface area contributed by atoms with Crippen LogP contribution in [0.2, 0.25) is 0 Å². The molecule has 1 fully saturated rings. The van der Waals surface area contributed by atoms with Crippen molar-refractivity contribution in [2.24, 2.45) is 5.41 Å². The molecule has 1 amide bonds. The van der Waals surface area contributed by atoms with Crippen LogP contribution in [0.1, 0.15) is 36.5 Å². The van der Waals surface area contributed by atoms with Crippen LogP contribution >= 0.6 is 0 Å². The molecule has 0 bridgehead atoms. The molecule has 1 aliphatic rings. The fourth-order valence-corrected chi connectivity index (χ4v) is 3.20. The summed E-state index contributed by atoms with van der Waals surface area (Å²) >= 11 is 0. The highest BCUT2D eigenvalue weighted by molar-refractivity contribution is 5.93. The lowest BCUT2D eigenvalue weighted by Crippen LogP contribution is -2.63. The molecule has 5 heteroatoms. The van der Waals surface area contributed by atoms with Crippen LogP contribution in [0.4, 0.5) is 0 Å². The van der Waals surface area contributed by atoms with Gasteiger partial charge in [-0.15, -0.1) is 0 Å². The van der Waals surface area contributed by atoms with Gasteiger partial charge in [0.25, 0.3) is 5.91 Å². The molecule has 0 spiro atoms. The molecule has 0 N–H and O–H groups in total. The molecule has 2 unspecified atom stereocenters. The Balaban J connectivity index is 1.68. The zero-order valence-electron chi connectivity index (χ0n) is 13.9. The van der Waals surface area contributed by atoms with Gasteiger partial charge >= 0.3 is 0 Å². The van der Waals surface area contributed by atoms with Crippen molar-refractivity contribution < 1.29 is 13.9 Å². The number of aromatic nitrogens is 1. The number of ether oxygens (including phenoxy) is 1. The molecule has 0 aliphatic heterocycles. The number of nitrogens with zero attached hydrogens (tertiary/aromatic N) is 2. The number of carbonyl (C=O) groups excluding carboxylic acids is 1. The van der Waals surface area contributed by atoms with Gasteiger partial charge in [0.2, 0.25) is 0 Å². The highest BCUT2D eigenvalue weighted by atomic mass is 16.5. The topological polar surface area (TPSA) is 55.6 Å². The first kappa shape index (κ1) is 15.6. The van der Waals surface area contributed by atoms with E-state index in [4.69, 9.17) is 9.15 Å². The average Bonchev–Trinajstić information content (AvgIpc) is 2.97. The number of hydrogen-bond donors (Lipinski definition) is 0. The van der Waals surface area contributed by atoms with Crippen molar-refractivity contribution in [2.75, 3.05) is 7.05 Å². The largest absolute Gasteiger partial charge is 0.490 e. The van der Waals surface area contributed by atoms with E-state index in [9.17, 15) is 4.79 Å². The van der Waals surface area contributed by atoms with E-state index in [-0.39, 0.29) is 23.5 Å². The smallest absolute Gasteiger partial charge is 0.276 e. The quantitative estimate of drug-likeness (QED) is 0.869. The monoisotopic (exact) mass is 314 g/mol. The van der Waals surface area contributed by atoms with Crippen LogP contribution < -0.4 is 4.74 Å². The molecule has 0 saturated heterocycles. The third-order valence-corrected chi connectivity index (χ3v) is 4.88. The second-order valence-electron chi connectivity index (χ2n) is 6.67. The molecule has 0 radical (unpaired) electrons. The lowest BCUT2D eigenvalue weighted by molar-refractivity contribution is -0.0887. The first-order valence-corrected chi connectivity index (χ1v) is 7.80. The summed E-state index contributed by atoms with van der Waals surface area (Å²) in [6.45, 7) is 6.02. The maximum Gasteiger partial charge on any atom is 0.276 e. The van der Waals surface area contributed by atoms with Gasteiger partial charge in [-0.05, 0) is 19.1 Å². The number of amides is 1. The van der Waals surface area contributed by atoms with Gasteiger partial charge in [-0.1, -0.05) is 32.0 Å². The van der Waals surface area contributed by atoms with Crippen LogP contribution in [0.25, 0.3) is 0 Å². The van der Waals surface area contributed by atoms with Gasteiger partial charge < -0.3 is 14.1 Å². The molecular formula is C18H22N2O3. The van der Waals surface area contributed by atoms with Crippen molar-refractivity contribution >= 4 is 5.91 Å². The van der Waals surface area contributed by atoms with Crippen molar-refractivity contribution in [1.82, 2.24) is 9.88 Å². The molecule has 1 heterocycles. The van der Waals surface area contributed by atoms with Gasteiger partial charge in [0.15, 0.2) is 12.1 Å². The minimum absolute atomic E-state index is 0.0866. The molecule has 1 aromatic carbocycles. The minimum atomic E-state index is -0.127. The summed E-state index contributed by atoms with van der Waals surface area (Å²) in [5.41, 5.74) is 0.258. The van der Waals surface area contributed by atoms with E-state index in [0.717, 1.165) is 12.2 Å². The molecule has 23 heavy (non-hydrogen) atoms. The highest BCUT2D eigenvalue weighted by Crippen LogP contribution is 2.46. The van der Waals surface area contributed by atoms with E-state index in [1.165, 1.54) is 6.39 Å². The number of hydrogen-bond acceptors (Lipinski definition) is 4. The van der Waals surface area contributed by atoms with Crippen LogP contribution in [0.3, 0.4) is 0 Å². The summed E-state index contributed by atoms with van der Waals surface area (Å²) < 4.78 is 11.2. The molecule has 1 aliphatic carbocycles. The Bertz CT molecular complexity index is 693. The van der Waals surface area contributed by atoms with Crippen molar-refractivity contribution in [3.8, 4) is 5.75 Å². The summed E-state index contributed by atoms with van der Waals surface area (Å²) in [7, 11) is 1.82. The lowest BCUT2D eigenvalue weighted by Gasteiger charge is -2.54. The Morgan fingerprint density at radius 2 is 2.04 bits per heavy atom. The van der Waals surface area contributed by atoms with E-state index in [2.05, 4.69) is 18.8 Å². The van der Waals surface area contributed by atoms with E-state index in [1.807, 2.05) is 37.4 Å². The summed E-state index contributed by atoms with van der Waals surface area (Å²) in [6.07, 6.45) is 2.20. The lowest BCUT2D eigenvalue weighted by atomic mass is 9.63. The number of oxazole rings is 1. The minimum Gasteiger partial charge on any atom is -0.490 e. The third kappa shape index (κ3) is 2.71. The fraction of sp³-hybridized carbons (Fsp3) is 0.444. The Labute approximate surface area is 136 Å². The molecule has 122 valence electrons. The molecule has 2 atom stereocenters. The molecule has 1 aromatic heterocycles. The summed E-state index contributed by atoms with van der Waals surface area (Å²) in [5, 5.41) is 0. The molecule has 3 rings (SSSR count). The summed E-state index contributed by atoms with van der Waals surface area (Å²) in [5.74, 6) is 1.31. The van der Waals surface area contributed by atoms with Gasteiger partial charge in [-0.2, -0.15) is 0 Å². The van der Waals surface area contributed by atoms with E-state index in [0.29, 0.717) is 11.5 Å². The number of benzene rings is 1. The van der Waals surface area contributed by atoms with E-state index >= 15 is 0 Å². The number of para-hydroxylation sites is 1. The second-order valence-corrected chi connectivity index (χ2v) is 6.67. The van der Waals surface area contributed by atoms with Crippen molar-refractivity contribution in [1.29, 1.82) is 0 Å². The highest BCUT2D eigenvalue weighted by Gasteiger charge is 2.53. The SMILES string of the molecule is Cc1ocnc1C(=O)N(C)C1CC(Oc2ccccc2)C1(C)C. The van der Waals surface area contributed by atoms with Gasteiger partial charge in [0.05, 0.1) is 0 Å². The zero-order valence-corrected chi connectivity index (χ0v) is 13.9. The molecule has 5 nitrogen and oxygen atoms in total. The van der Waals surface area contributed by atoms with Crippen LogP contribution in [0.15, 0.2) is 41.1 Å². The number of carbonyl (C=O) groups is 1. The van der Waals surface area contributed by atoms with Crippen LogP contribution in [0, 0.1) is 12.3 Å². The van der Waals surface area contributed by atoms with Crippen molar-refractivity contribution in [3.63, 3.8) is 0 Å². The van der Waals surface area contributed by atoms with Crippen molar-refractivity contribution in [3.05, 3.63) is 48.2 Å². The number of aryl methyl sites for hydroxylation is 1. The van der Waals surface area contributed by atoms with Gasteiger partial charge in [0, 0.05) is 24.9 Å². The molecule has 1 saturated carbocycles. The zero-order chi connectivity index (χ0) is 16.6. The average molecular weight is 314 g/mol. The second kappa shape index (κ2) is 5.72. The Hall–Kier alpha value is -2.30. The summed E-state index contributed by atoms with van der Waals surface area (Å²) in [6, 6.07) is 9.91. The first-order chi connectivity index (χ1) is 10.9. The van der Waals surface area contributed by atoms with Gasteiger partial charge in [0.1, 0.15) is 17.6 Å². The predicted molar refractivity (Wildman–Crippen MR) is 86.4 cm³/mol. The maximum absolute atomic E-state index is 12.6. The van der Waals surface area contributed by atoms with Crippen LogP contribution in [0.5, 0.6) is 5.75 Å². The van der Waals surface area contributed by atoms with Crippen molar-refractivity contribution in [2.45, 2.75) is 39.3 Å². The normalized spacial score (nSPS) is 22.3. The Morgan fingerprint density at radius 1 is 1.35 bits per heavy atom. The van der Waals surface area contributed by atoms with Gasteiger partial charge in [-0.3, -0.25) is 4.79 Å². The first-order valence-electron chi connectivity index (χ1n) is 7.80. The Kier molecular flexibility index (Phi) is 3.88. The Morgan fingerprint density at radius 3 is 2.61 bits per heavy atom. The van der Waals surface area contributed by atoms with E-state index in [1.54, 1.807) is 11.8 Å². The molecule has 2 aromatic rings. The fourth-order valence-electron chi connectivity index (χ4n) is 3.20.